The molecule has 3 aromatic carbocycles. The van der Waals surface area contributed by atoms with Crippen LogP contribution in [-0.4, -0.2) is 0 Å². The lowest BCUT2D eigenvalue weighted by molar-refractivity contribution is 1.60. The molecule has 136 valence electrons. The van der Waals surface area contributed by atoms with Gasteiger partial charge in [0.05, 0.1) is 0 Å². The highest BCUT2D eigenvalue weighted by Gasteiger charge is 2.14. The lowest BCUT2D eigenvalue weighted by atomic mass is 9.93. The fraction of sp³-hybridized carbons (Fsp3) is 0. The molecule has 1 atom stereocenters. The molecule has 1 heterocycles. The molecule has 0 aliphatic carbocycles. The Kier molecular flexibility index (Phi) is 6.07. The molecule has 28 heavy (non-hydrogen) atoms. The van der Waals surface area contributed by atoms with Crippen molar-refractivity contribution in [2.75, 3.05) is 0 Å². The van der Waals surface area contributed by atoms with Crippen molar-refractivity contribution in [2.45, 2.75) is 0 Å². The molecule has 1 unspecified atom stereocenters. The Bertz CT molecular complexity index is 1100. The monoisotopic (exact) mass is 442 g/mol. The maximum Gasteiger partial charge on any atom is 0.0200 e. The Hall–Kier alpha value is -2.60. The second-order valence-electron chi connectivity index (χ2n) is 6.44. The second kappa shape index (κ2) is 9.06. The lowest BCUT2D eigenvalue weighted by Crippen LogP contribution is -1.87. The van der Waals surface area contributed by atoms with E-state index in [0.29, 0.717) is 0 Å². The summed E-state index contributed by atoms with van der Waals surface area (Å²) in [6.45, 7) is 0. The van der Waals surface area contributed by atoms with Crippen LogP contribution in [0.3, 0.4) is 0 Å². The summed E-state index contributed by atoms with van der Waals surface area (Å²) in [5, 5.41) is 1.33. The summed E-state index contributed by atoms with van der Waals surface area (Å²) in [4.78, 5) is 0. The largest absolute Gasteiger partial charge is 0.0622 e. The zero-order valence-electron chi connectivity index (χ0n) is 15.4. The molecule has 0 saturated heterocycles. The third kappa shape index (κ3) is 4.12. The number of rotatable bonds is 3. The van der Waals surface area contributed by atoms with Crippen LogP contribution in [-0.2, 0) is 0 Å². The summed E-state index contributed by atoms with van der Waals surface area (Å²) < 4.78 is 0. The van der Waals surface area contributed by atoms with E-state index in [1.807, 2.05) is 0 Å². The summed E-state index contributed by atoms with van der Waals surface area (Å²) in [7, 11) is 0. The molecule has 0 fully saturated rings. The van der Waals surface area contributed by atoms with Crippen LogP contribution in [0.25, 0.3) is 33.1 Å². The zero-order valence-corrected chi connectivity index (χ0v) is 17.9. The van der Waals surface area contributed by atoms with Gasteiger partial charge in [-0.25, -0.2) is 0 Å². The molecule has 0 nitrogen and oxygen atoms in total. The molecule has 0 radical (unpaired) electrons. The van der Waals surface area contributed by atoms with Gasteiger partial charge < -0.3 is 0 Å². The van der Waals surface area contributed by atoms with Gasteiger partial charge in [-0.2, -0.15) is 0 Å². The average molecular weight is 443 g/mol. The summed E-state index contributed by atoms with van der Waals surface area (Å²) in [5.74, 6) is 2.26. The van der Waals surface area contributed by atoms with Gasteiger partial charge >= 0.3 is 0 Å². The smallest absolute Gasteiger partial charge is 0.0200 e. The van der Waals surface area contributed by atoms with Crippen LogP contribution in [0.2, 0.25) is 0 Å². The molecule has 0 N–H and O–H groups in total. The topological polar surface area (TPSA) is 0 Å². The van der Waals surface area contributed by atoms with Gasteiger partial charge in [0.1, 0.15) is 0 Å². The minimum Gasteiger partial charge on any atom is -0.0622 e. The normalized spacial score (nSPS) is 11.0. The molecule has 0 bridgehead atoms. The van der Waals surface area contributed by atoms with E-state index in [2.05, 4.69) is 137 Å². The third-order valence-corrected chi connectivity index (χ3v) is 7.73. The predicted octanol–water partition coefficient (Wildman–Crippen LogP) is 8.96. The molecule has 0 amide bonds. The van der Waals surface area contributed by atoms with Crippen LogP contribution in [0.5, 0.6) is 0 Å². The maximum atomic E-state index is 4.01. The fourth-order valence-corrected chi connectivity index (χ4v) is 6.17. The Morgan fingerprint density at radius 1 is 0.464 bits per heavy atom. The van der Waals surface area contributed by atoms with Gasteiger partial charge in [0, 0.05) is 10.9 Å². The Morgan fingerprint density at radius 3 is 1.54 bits per heavy atom. The minimum absolute atomic E-state index is 0.652. The van der Waals surface area contributed by atoms with Gasteiger partial charge in [0.25, 0.3) is 0 Å². The van der Waals surface area contributed by atoms with Crippen molar-refractivity contribution in [3.63, 3.8) is 0 Å². The Labute approximate surface area is 175 Å². The number of hydrogen-bond acceptors (Lipinski definition) is 0. The van der Waals surface area contributed by atoms with Crippen LogP contribution in [0.1, 0.15) is 0 Å². The fourth-order valence-electron chi connectivity index (χ4n) is 3.35. The minimum atomic E-state index is -0.652. The number of hydrogen-bond donors (Lipinski definition) is 0. The first-order valence-electron chi connectivity index (χ1n) is 9.25. The van der Waals surface area contributed by atoms with E-state index in [4.69, 9.17) is 0 Å². The quantitative estimate of drug-likeness (QED) is 0.296. The molecule has 0 saturated carbocycles. The van der Waals surface area contributed by atoms with Crippen LogP contribution in [0.15, 0.2) is 121 Å². The van der Waals surface area contributed by atoms with E-state index in [9.17, 15) is 0 Å². The summed E-state index contributed by atoms with van der Waals surface area (Å²) >= 11 is 4.01. The molecule has 0 aliphatic rings. The molecule has 0 spiro atoms. The summed E-state index contributed by atoms with van der Waals surface area (Å²) in [6.07, 6.45) is -0.652. The van der Waals surface area contributed by atoms with E-state index >= 15 is 0 Å². The van der Waals surface area contributed by atoms with E-state index in [-0.39, 0.29) is 0 Å². The first kappa shape index (κ1) is 18.7. The number of benzene rings is 3. The van der Waals surface area contributed by atoms with Gasteiger partial charge in [-0.1, -0.05) is 115 Å². The zero-order chi connectivity index (χ0) is 19.2. The molecule has 0 aliphatic heterocycles. The highest BCUT2D eigenvalue weighted by molar-refractivity contribution is 9.38. The summed E-state index contributed by atoms with van der Waals surface area (Å²) in [5.41, 5.74) is 6.21. The molecular weight excluding hydrogens is 423 g/mol. The van der Waals surface area contributed by atoms with Crippen molar-refractivity contribution in [1.29, 1.82) is 0 Å². The van der Waals surface area contributed by atoms with Crippen LogP contribution >= 0.6 is 21.7 Å². The standard InChI is InChI=1S/C26H20BrP/c27-28-20-12-4-11-19-24(21-13-5-1-6-14-21)25(22-15-7-2-8-16-22)26(28)23-17-9-3-10-18-23/h1-20H. The van der Waals surface area contributed by atoms with E-state index in [1.165, 1.54) is 33.1 Å². The molecular formula is C26H20BrP. The van der Waals surface area contributed by atoms with Crippen molar-refractivity contribution < 1.29 is 0 Å². The SMILES string of the molecule is Brp1cccccc(-c2ccccc2)c(-c2ccccc2)c1-c1ccccc1. The summed E-state index contributed by atoms with van der Waals surface area (Å²) in [6, 6.07) is 40.7. The van der Waals surface area contributed by atoms with Gasteiger partial charge in [0.2, 0.25) is 0 Å². The van der Waals surface area contributed by atoms with Gasteiger partial charge in [-0.3, -0.25) is 0 Å². The van der Waals surface area contributed by atoms with Gasteiger partial charge in [-0.15, -0.1) is 0 Å². The Balaban J connectivity index is 2.20. The molecule has 2 heteroatoms. The highest BCUT2D eigenvalue weighted by Crippen LogP contribution is 2.51. The molecule has 4 aromatic rings. The maximum absolute atomic E-state index is 4.01. The van der Waals surface area contributed by atoms with Crippen LogP contribution in [0, 0.1) is 0 Å². The number of halogens is 1. The van der Waals surface area contributed by atoms with E-state index in [0.717, 1.165) is 0 Å². The van der Waals surface area contributed by atoms with Crippen molar-refractivity contribution >= 4 is 21.7 Å². The van der Waals surface area contributed by atoms with Crippen molar-refractivity contribution in [3.05, 3.63) is 121 Å². The van der Waals surface area contributed by atoms with Gasteiger partial charge in [-0.05, 0) is 49.8 Å². The average Bonchev–Trinajstić information content (AvgIpc) is 2.84. The Morgan fingerprint density at radius 2 is 0.929 bits per heavy atom. The van der Waals surface area contributed by atoms with E-state index < -0.39 is 6.24 Å². The van der Waals surface area contributed by atoms with E-state index in [1.54, 1.807) is 0 Å². The van der Waals surface area contributed by atoms with Crippen molar-refractivity contribution in [2.24, 2.45) is 0 Å². The van der Waals surface area contributed by atoms with Crippen LogP contribution in [0.4, 0.5) is 0 Å². The molecule has 4 rings (SSSR count). The predicted molar refractivity (Wildman–Crippen MR) is 127 cm³/mol. The first-order chi connectivity index (χ1) is 13.8. The van der Waals surface area contributed by atoms with Gasteiger partial charge in [0.15, 0.2) is 0 Å². The molecule has 1 aromatic heterocycles. The first-order valence-corrected chi connectivity index (χ1v) is 12.7. The highest BCUT2D eigenvalue weighted by atomic mass is 79.9. The van der Waals surface area contributed by atoms with Crippen LogP contribution < -0.4 is 0 Å². The van der Waals surface area contributed by atoms with Crippen molar-refractivity contribution in [3.8, 4) is 33.1 Å². The second-order valence-corrected chi connectivity index (χ2v) is 10.1. The lowest BCUT2D eigenvalue weighted by Gasteiger charge is -2.15. The van der Waals surface area contributed by atoms with Crippen molar-refractivity contribution in [1.82, 2.24) is 0 Å². The third-order valence-electron chi connectivity index (χ3n) is 4.62.